The molecule has 6 aliphatic rings. The zero-order valence-corrected chi connectivity index (χ0v) is 37.0. The minimum atomic E-state index is -0.137. The predicted octanol–water partition coefficient (Wildman–Crippen LogP) is 16.7. The third-order valence-corrected chi connectivity index (χ3v) is 15.0. The number of hydrogen-bond acceptors (Lipinski definition) is 1. The molecule has 13 rings (SSSR count). The van der Waals surface area contributed by atoms with E-state index in [1.807, 2.05) is 0 Å². The van der Waals surface area contributed by atoms with Gasteiger partial charge in [-0.1, -0.05) is 166 Å². The number of para-hydroxylation sites is 1. The zero-order valence-electron chi connectivity index (χ0n) is 37.0. The van der Waals surface area contributed by atoms with Gasteiger partial charge in [0.1, 0.15) is 0 Å². The summed E-state index contributed by atoms with van der Waals surface area (Å²) in [5, 5.41) is 2.51. The van der Waals surface area contributed by atoms with Gasteiger partial charge in [0.05, 0.1) is 11.0 Å². The van der Waals surface area contributed by atoms with Crippen LogP contribution in [0.3, 0.4) is 0 Å². The van der Waals surface area contributed by atoms with Gasteiger partial charge in [-0.3, -0.25) is 0 Å². The van der Waals surface area contributed by atoms with Gasteiger partial charge < -0.3 is 9.47 Å². The Morgan fingerprint density at radius 3 is 2.11 bits per heavy atom. The highest BCUT2D eigenvalue weighted by molar-refractivity contribution is 6.12. The number of benzene rings is 6. The van der Waals surface area contributed by atoms with Crippen molar-refractivity contribution in [3.8, 4) is 22.3 Å². The molecule has 312 valence electrons. The summed E-state index contributed by atoms with van der Waals surface area (Å²) in [6.45, 7) is 4.77. The van der Waals surface area contributed by atoms with Crippen molar-refractivity contribution in [1.29, 1.82) is 0 Å². The quantitative estimate of drug-likeness (QED) is 0.162. The molecule has 2 unspecified atom stereocenters. The molecule has 65 heavy (non-hydrogen) atoms. The largest absolute Gasteiger partial charge is 0.310 e. The highest BCUT2D eigenvalue weighted by Crippen LogP contribution is 2.54. The second kappa shape index (κ2) is 14.8. The second-order valence-corrected chi connectivity index (χ2v) is 19.0. The van der Waals surface area contributed by atoms with Crippen LogP contribution in [0.15, 0.2) is 223 Å². The summed E-state index contributed by atoms with van der Waals surface area (Å²) in [4.78, 5) is 2.53. The van der Waals surface area contributed by atoms with Crippen molar-refractivity contribution in [2.75, 3.05) is 4.90 Å². The van der Waals surface area contributed by atoms with E-state index in [-0.39, 0.29) is 5.41 Å². The summed E-state index contributed by atoms with van der Waals surface area (Å²) in [7, 11) is 0. The van der Waals surface area contributed by atoms with Crippen molar-refractivity contribution in [2.45, 2.75) is 44.9 Å². The van der Waals surface area contributed by atoms with Gasteiger partial charge in [-0.15, -0.1) is 0 Å². The van der Waals surface area contributed by atoms with E-state index in [0.29, 0.717) is 11.8 Å². The lowest BCUT2D eigenvalue weighted by Crippen LogP contribution is -2.16. The van der Waals surface area contributed by atoms with Crippen LogP contribution in [-0.4, -0.2) is 4.57 Å². The molecule has 0 saturated carbocycles. The van der Waals surface area contributed by atoms with E-state index in [0.717, 1.165) is 42.7 Å². The summed E-state index contributed by atoms with van der Waals surface area (Å²) in [6, 6.07) is 48.6. The van der Waals surface area contributed by atoms with E-state index >= 15 is 0 Å². The zero-order chi connectivity index (χ0) is 43.2. The average Bonchev–Trinajstić information content (AvgIpc) is 3.94. The van der Waals surface area contributed by atoms with Crippen LogP contribution in [0.25, 0.3) is 55.3 Å². The number of fused-ring (bicyclic) bond motifs is 10. The minimum absolute atomic E-state index is 0.137. The standard InChI is InChI=1S/C63H50N2/c1-63(2)57-27-15-13-24-51(57)52-35-32-48(40-58(52)63)64(47-33-36-60-55(38-47)53-25-14-16-28-59(53)65(60)45-30-29-41-17-9-10-22-44(41)37-45)46-31-34-50-49-23-11-12-26-54(49)62(56(50)39-46)61(42-18-5-3-6-19-42)43-20-7-4-8-21-43/h3,5,7,9-18,20-41,44H,4,6,8,19H2,1-2H3/b62-61+. The molecule has 0 amide bonds. The molecule has 0 spiro atoms. The molecule has 2 nitrogen and oxygen atoms in total. The van der Waals surface area contributed by atoms with Gasteiger partial charge in [-0.2, -0.15) is 0 Å². The van der Waals surface area contributed by atoms with Crippen LogP contribution < -0.4 is 4.90 Å². The Bertz CT molecular complexity index is 3470. The van der Waals surface area contributed by atoms with Gasteiger partial charge in [-0.05, 0) is 147 Å². The first-order valence-electron chi connectivity index (χ1n) is 23.6. The molecular weight excluding hydrogens is 785 g/mol. The van der Waals surface area contributed by atoms with Crippen LogP contribution in [0, 0.1) is 11.8 Å². The Morgan fingerprint density at radius 2 is 1.26 bits per heavy atom. The molecule has 6 aliphatic carbocycles. The predicted molar refractivity (Wildman–Crippen MR) is 275 cm³/mol. The summed E-state index contributed by atoms with van der Waals surface area (Å²) in [5.74, 6) is 0.753. The van der Waals surface area contributed by atoms with Crippen LogP contribution >= 0.6 is 0 Å². The van der Waals surface area contributed by atoms with Crippen LogP contribution in [0.5, 0.6) is 0 Å². The van der Waals surface area contributed by atoms with E-state index in [2.05, 4.69) is 230 Å². The van der Waals surface area contributed by atoms with Gasteiger partial charge in [-0.25, -0.2) is 0 Å². The first kappa shape index (κ1) is 38.1. The third kappa shape index (κ3) is 5.93. The van der Waals surface area contributed by atoms with E-state index in [1.54, 1.807) is 0 Å². The van der Waals surface area contributed by atoms with Crippen LogP contribution in [-0.2, 0) is 5.41 Å². The molecule has 0 bridgehead atoms. The van der Waals surface area contributed by atoms with Crippen molar-refractivity contribution in [2.24, 2.45) is 11.8 Å². The number of anilines is 3. The monoisotopic (exact) mass is 834 g/mol. The third-order valence-electron chi connectivity index (χ3n) is 15.0. The fourth-order valence-electron chi connectivity index (χ4n) is 11.8. The first-order valence-corrected chi connectivity index (χ1v) is 23.6. The second-order valence-electron chi connectivity index (χ2n) is 19.0. The Labute approximate surface area is 382 Å². The Kier molecular flexibility index (Phi) is 8.68. The normalized spacial score (nSPS) is 20.2. The van der Waals surface area contributed by atoms with Crippen molar-refractivity contribution >= 4 is 50.1 Å². The number of aromatic nitrogens is 1. The molecule has 0 radical (unpaired) electrons. The molecule has 0 N–H and O–H groups in total. The van der Waals surface area contributed by atoms with Crippen LogP contribution in [0.1, 0.15) is 61.8 Å². The number of hydrogen-bond donors (Lipinski definition) is 0. The fourth-order valence-corrected chi connectivity index (χ4v) is 11.8. The van der Waals surface area contributed by atoms with Crippen molar-refractivity contribution in [1.82, 2.24) is 4.57 Å². The lowest BCUT2D eigenvalue weighted by Gasteiger charge is -2.29. The van der Waals surface area contributed by atoms with Crippen molar-refractivity contribution in [3.05, 3.63) is 245 Å². The number of rotatable bonds is 6. The fraction of sp³-hybridized carbons (Fsp3) is 0.143. The van der Waals surface area contributed by atoms with Crippen molar-refractivity contribution < 1.29 is 0 Å². The number of nitrogens with zero attached hydrogens (tertiary/aromatic N) is 2. The topological polar surface area (TPSA) is 8.17 Å². The average molecular weight is 835 g/mol. The Hall–Kier alpha value is -7.42. The minimum Gasteiger partial charge on any atom is -0.310 e. The maximum atomic E-state index is 2.53. The van der Waals surface area contributed by atoms with Crippen molar-refractivity contribution in [3.63, 3.8) is 0 Å². The highest BCUT2D eigenvalue weighted by atomic mass is 15.1. The van der Waals surface area contributed by atoms with Gasteiger partial charge in [0.2, 0.25) is 0 Å². The Morgan fingerprint density at radius 1 is 0.554 bits per heavy atom. The summed E-state index contributed by atoms with van der Waals surface area (Å²) < 4.78 is 2.47. The first-order chi connectivity index (χ1) is 32.0. The molecule has 0 fully saturated rings. The summed E-state index contributed by atoms with van der Waals surface area (Å²) in [6.07, 6.45) is 34.5. The molecule has 0 saturated heterocycles. The maximum absolute atomic E-state index is 2.53. The van der Waals surface area contributed by atoms with Gasteiger partial charge in [0, 0.05) is 50.8 Å². The van der Waals surface area contributed by atoms with Gasteiger partial charge >= 0.3 is 0 Å². The molecule has 2 atom stereocenters. The maximum Gasteiger partial charge on any atom is 0.0542 e. The van der Waals surface area contributed by atoms with E-state index in [1.165, 1.54) is 94.3 Å². The summed E-state index contributed by atoms with van der Waals surface area (Å²) in [5.41, 5.74) is 23.1. The lowest BCUT2D eigenvalue weighted by atomic mass is 9.82. The highest BCUT2D eigenvalue weighted by Gasteiger charge is 2.36. The van der Waals surface area contributed by atoms with E-state index < -0.39 is 0 Å². The van der Waals surface area contributed by atoms with Crippen LogP contribution in [0.2, 0.25) is 0 Å². The molecule has 1 aromatic heterocycles. The molecule has 0 aliphatic heterocycles. The molecule has 6 aromatic carbocycles. The number of allylic oxidation sites excluding steroid dienone is 17. The molecule has 1 heterocycles. The molecule has 2 heteroatoms. The van der Waals surface area contributed by atoms with Gasteiger partial charge in [0.25, 0.3) is 0 Å². The lowest BCUT2D eigenvalue weighted by molar-refractivity contribution is 0.659. The smallest absolute Gasteiger partial charge is 0.0542 e. The Balaban J connectivity index is 1.04. The SMILES string of the molecule is CC1(C)c2ccccc2-c2ccc(N(c3ccc4c(c3)/C(=C(/C3=CCCC=C3)C3=CC=CCC3)c3ccccc3-4)c3ccc4c(c3)c3ccccc3n4C3=CC4C=CC=CC4C=C3)cc21. The summed E-state index contributed by atoms with van der Waals surface area (Å²) >= 11 is 0. The van der Waals surface area contributed by atoms with E-state index in [9.17, 15) is 0 Å². The van der Waals surface area contributed by atoms with Gasteiger partial charge in [0.15, 0.2) is 0 Å². The van der Waals surface area contributed by atoms with Crippen LogP contribution in [0.4, 0.5) is 17.1 Å². The van der Waals surface area contributed by atoms with E-state index in [4.69, 9.17) is 0 Å². The molecular formula is C63H50N2. The molecule has 7 aromatic rings.